The lowest BCUT2D eigenvalue weighted by Gasteiger charge is -2.11. The number of Topliss-reactive ketones (excluding diaryl/α,β-unsaturated/α-hetero) is 1. The number of carbonyl (C=O) groups excluding carboxylic acids is 1. The van der Waals surface area contributed by atoms with Crippen LogP contribution in [0.15, 0.2) is 12.3 Å². The van der Waals surface area contributed by atoms with Gasteiger partial charge in [0.2, 0.25) is 0 Å². The van der Waals surface area contributed by atoms with Crippen molar-refractivity contribution >= 4 is 5.78 Å². The second-order valence-electron chi connectivity index (χ2n) is 6.12. The van der Waals surface area contributed by atoms with Gasteiger partial charge in [0.15, 0.2) is 0 Å². The van der Waals surface area contributed by atoms with Gasteiger partial charge in [0, 0.05) is 31.2 Å². The number of ether oxygens (including phenoxy) is 3. The average molecular weight is 344 g/mol. The molecule has 1 N–H and O–H groups in total. The molecule has 0 rings (SSSR count). The molecule has 0 amide bonds. The number of nitrogens with one attached hydrogen (secondary N) is 1. The smallest absolute Gasteiger partial charge is 0.132 e. The molecule has 0 spiro atoms. The van der Waals surface area contributed by atoms with Crippen molar-refractivity contribution in [1.82, 2.24) is 5.32 Å². The van der Waals surface area contributed by atoms with Gasteiger partial charge in [-0.1, -0.05) is 26.8 Å². The lowest BCUT2D eigenvalue weighted by atomic mass is 10.0. The van der Waals surface area contributed by atoms with E-state index in [0.29, 0.717) is 33.0 Å². The molecular formula is C19H37NO4. The molecule has 24 heavy (non-hydrogen) atoms. The van der Waals surface area contributed by atoms with E-state index in [4.69, 9.17) is 14.2 Å². The highest BCUT2D eigenvalue weighted by Crippen LogP contribution is 2.08. The van der Waals surface area contributed by atoms with Gasteiger partial charge < -0.3 is 19.5 Å². The quantitative estimate of drug-likeness (QED) is 0.387. The van der Waals surface area contributed by atoms with Crippen LogP contribution < -0.4 is 5.32 Å². The Hall–Kier alpha value is -0.910. The number of ketones is 1. The summed E-state index contributed by atoms with van der Waals surface area (Å²) in [5, 5.41) is 3.31. The summed E-state index contributed by atoms with van der Waals surface area (Å²) in [5.74, 6) is 0.462. The number of hydrogen-bond donors (Lipinski definition) is 1. The minimum atomic E-state index is 0.182. The molecule has 0 aromatic heterocycles. The Morgan fingerprint density at radius 2 is 1.58 bits per heavy atom. The summed E-state index contributed by atoms with van der Waals surface area (Å²) in [6.45, 7) is 14.6. The van der Waals surface area contributed by atoms with E-state index in [9.17, 15) is 4.79 Å². The summed E-state index contributed by atoms with van der Waals surface area (Å²) in [5.41, 5.74) is 1.00. The molecule has 0 fully saturated rings. The molecule has 0 aliphatic heterocycles. The van der Waals surface area contributed by atoms with Crippen LogP contribution in [0.5, 0.6) is 0 Å². The van der Waals surface area contributed by atoms with Gasteiger partial charge in [-0.3, -0.25) is 4.79 Å². The fourth-order valence-electron chi connectivity index (χ4n) is 2.01. The van der Waals surface area contributed by atoms with Crippen LogP contribution in [-0.4, -0.2) is 52.0 Å². The van der Waals surface area contributed by atoms with E-state index in [2.05, 4.69) is 18.8 Å². The van der Waals surface area contributed by atoms with Crippen molar-refractivity contribution in [1.29, 1.82) is 0 Å². The highest BCUT2D eigenvalue weighted by Gasteiger charge is 2.06. The van der Waals surface area contributed by atoms with E-state index in [1.807, 2.05) is 6.92 Å². The third-order valence-electron chi connectivity index (χ3n) is 3.77. The van der Waals surface area contributed by atoms with Crippen LogP contribution in [0.2, 0.25) is 0 Å². The molecule has 0 unspecified atom stereocenters. The van der Waals surface area contributed by atoms with Gasteiger partial charge in [0.25, 0.3) is 0 Å². The first kappa shape index (κ1) is 23.1. The van der Waals surface area contributed by atoms with Crippen LogP contribution >= 0.6 is 0 Å². The molecule has 0 aromatic carbocycles. The molecule has 0 aromatic rings. The molecule has 5 nitrogen and oxygen atoms in total. The van der Waals surface area contributed by atoms with Gasteiger partial charge in [-0.25, -0.2) is 0 Å². The summed E-state index contributed by atoms with van der Waals surface area (Å²) in [7, 11) is 0. The summed E-state index contributed by atoms with van der Waals surface area (Å²) >= 11 is 0. The second-order valence-corrected chi connectivity index (χ2v) is 6.12. The van der Waals surface area contributed by atoms with Crippen molar-refractivity contribution in [3.05, 3.63) is 12.3 Å². The van der Waals surface area contributed by atoms with Crippen molar-refractivity contribution in [3.63, 3.8) is 0 Å². The van der Waals surface area contributed by atoms with Crippen molar-refractivity contribution in [2.24, 2.45) is 5.92 Å². The van der Waals surface area contributed by atoms with Crippen LogP contribution in [-0.2, 0) is 19.0 Å². The maximum atomic E-state index is 11.1. The van der Waals surface area contributed by atoms with E-state index in [1.54, 1.807) is 6.92 Å². The first-order chi connectivity index (χ1) is 11.6. The van der Waals surface area contributed by atoms with E-state index >= 15 is 0 Å². The van der Waals surface area contributed by atoms with Crippen molar-refractivity contribution < 1.29 is 19.0 Å². The first-order valence-corrected chi connectivity index (χ1v) is 9.23. The van der Waals surface area contributed by atoms with E-state index in [-0.39, 0.29) is 11.7 Å². The molecule has 1 atom stereocenters. The van der Waals surface area contributed by atoms with Crippen LogP contribution in [0, 0.1) is 5.92 Å². The normalized spacial score (nSPS) is 12.1. The summed E-state index contributed by atoms with van der Waals surface area (Å²) in [4.78, 5) is 11.1. The Morgan fingerprint density at radius 1 is 1.00 bits per heavy atom. The minimum Gasteiger partial charge on any atom is -0.389 e. The van der Waals surface area contributed by atoms with Crippen molar-refractivity contribution in [3.8, 4) is 0 Å². The molecule has 142 valence electrons. The summed E-state index contributed by atoms with van der Waals surface area (Å²) in [6.07, 6.45) is 4.94. The fourth-order valence-corrected chi connectivity index (χ4v) is 2.01. The highest BCUT2D eigenvalue weighted by atomic mass is 16.5. The summed E-state index contributed by atoms with van der Waals surface area (Å²) < 4.78 is 16.2. The molecule has 0 saturated carbocycles. The van der Waals surface area contributed by atoms with Crippen molar-refractivity contribution in [2.45, 2.75) is 52.9 Å². The van der Waals surface area contributed by atoms with E-state index < -0.39 is 0 Å². The van der Waals surface area contributed by atoms with Gasteiger partial charge in [-0.15, -0.1) is 0 Å². The average Bonchev–Trinajstić information content (AvgIpc) is 2.55. The first-order valence-electron chi connectivity index (χ1n) is 9.23. The van der Waals surface area contributed by atoms with E-state index in [0.717, 1.165) is 51.0 Å². The van der Waals surface area contributed by atoms with Gasteiger partial charge in [0.05, 0.1) is 33.0 Å². The van der Waals surface area contributed by atoms with Crippen LogP contribution in [0.25, 0.3) is 0 Å². The van der Waals surface area contributed by atoms with Crippen LogP contribution in [0.3, 0.4) is 0 Å². The standard InChI is InChI=1S/C19H37NO4/c1-5-11-22-13-15-24-16-14-23-12-9-18(3)20-10-7-6-8-17(2)19(4)21/h17,20H,3,5-16H2,1-2,4H3/t17-/m1/s1. The van der Waals surface area contributed by atoms with Crippen LogP contribution in [0.1, 0.15) is 52.9 Å². The molecule has 0 aliphatic carbocycles. The zero-order valence-corrected chi connectivity index (χ0v) is 15.9. The molecule has 0 heterocycles. The number of unbranched alkanes of at least 4 members (excludes halogenated alkanes) is 1. The Kier molecular flexibility index (Phi) is 16.3. The van der Waals surface area contributed by atoms with Gasteiger partial charge in [0.1, 0.15) is 5.78 Å². The van der Waals surface area contributed by atoms with Gasteiger partial charge in [-0.05, 0) is 26.2 Å². The lowest BCUT2D eigenvalue weighted by Crippen LogP contribution is -2.16. The highest BCUT2D eigenvalue weighted by molar-refractivity contribution is 5.77. The molecule has 5 heteroatoms. The maximum Gasteiger partial charge on any atom is 0.132 e. The van der Waals surface area contributed by atoms with Crippen LogP contribution in [0.4, 0.5) is 0 Å². The lowest BCUT2D eigenvalue weighted by molar-refractivity contribution is -0.120. The predicted octanol–water partition coefficient (Wildman–Crippen LogP) is 3.34. The van der Waals surface area contributed by atoms with E-state index in [1.165, 1.54) is 0 Å². The maximum absolute atomic E-state index is 11.1. The Labute approximate surface area is 148 Å². The molecule has 0 aliphatic rings. The fraction of sp³-hybridized carbons (Fsp3) is 0.842. The predicted molar refractivity (Wildman–Crippen MR) is 98.2 cm³/mol. The topological polar surface area (TPSA) is 56.8 Å². The summed E-state index contributed by atoms with van der Waals surface area (Å²) in [6, 6.07) is 0. The molecular weight excluding hydrogens is 306 g/mol. The molecule has 0 radical (unpaired) electrons. The zero-order valence-electron chi connectivity index (χ0n) is 15.9. The number of rotatable bonds is 18. The van der Waals surface area contributed by atoms with Gasteiger partial charge >= 0.3 is 0 Å². The number of carbonyl (C=O) groups is 1. The molecule has 0 saturated heterocycles. The SMILES string of the molecule is C=C(CCOCCOCCOCCC)NCCCC[C@@H](C)C(C)=O. The minimum absolute atomic E-state index is 0.182. The molecule has 0 bridgehead atoms. The van der Waals surface area contributed by atoms with Crippen molar-refractivity contribution in [2.75, 3.05) is 46.2 Å². The zero-order chi connectivity index (χ0) is 18.0. The monoisotopic (exact) mass is 343 g/mol. The third-order valence-corrected chi connectivity index (χ3v) is 3.77. The second kappa shape index (κ2) is 16.9. The third kappa shape index (κ3) is 16.0. The van der Waals surface area contributed by atoms with Gasteiger partial charge in [-0.2, -0.15) is 0 Å². The number of hydrogen-bond acceptors (Lipinski definition) is 5. The Balaban J connectivity index is 3.25. The largest absolute Gasteiger partial charge is 0.389 e. The Bertz CT molecular complexity index is 320. The Morgan fingerprint density at radius 3 is 2.17 bits per heavy atom.